The summed E-state index contributed by atoms with van der Waals surface area (Å²) in [5, 5.41) is 8.55. The van der Waals surface area contributed by atoms with Gasteiger partial charge in [-0.05, 0) is 48.6 Å². The molecule has 1 aliphatic rings. The summed E-state index contributed by atoms with van der Waals surface area (Å²) in [6, 6.07) is 5.37. The van der Waals surface area contributed by atoms with Crippen molar-refractivity contribution in [1.82, 2.24) is 14.9 Å². The van der Waals surface area contributed by atoms with Crippen molar-refractivity contribution in [3.05, 3.63) is 52.6 Å². The van der Waals surface area contributed by atoms with Crippen LogP contribution in [0.5, 0.6) is 11.5 Å². The lowest BCUT2D eigenvalue weighted by atomic mass is 9.84. The zero-order valence-electron chi connectivity index (χ0n) is 20.0. The van der Waals surface area contributed by atoms with Gasteiger partial charge < -0.3 is 19.4 Å². The van der Waals surface area contributed by atoms with Crippen molar-refractivity contribution >= 4 is 39.6 Å². The molecule has 3 aromatic rings. The number of ketones is 1. The van der Waals surface area contributed by atoms with Gasteiger partial charge in [0.2, 0.25) is 0 Å². The molecule has 4 rings (SSSR count). The molecule has 0 spiro atoms. The normalized spacial score (nSPS) is 13.1. The molecule has 1 aliphatic heterocycles. The molecule has 182 valence electrons. The van der Waals surface area contributed by atoms with E-state index in [0.717, 1.165) is 16.6 Å². The van der Waals surface area contributed by atoms with E-state index < -0.39 is 5.82 Å². The fraction of sp³-hybridized carbons (Fsp3) is 0.400. The first-order valence-corrected chi connectivity index (χ1v) is 11.1. The van der Waals surface area contributed by atoms with Crippen molar-refractivity contribution in [3.63, 3.8) is 0 Å². The van der Waals surface area contributed by atoms with Gasteiger partial charge in [0.05, 0.1) is 42.7 Å². The van der Waals surface area contributed by atoms with Gasteiger partial charge in [0, 0.05) is 12.1 Å². The maximum absolute atomic E-state index is 15.3. The van der Waals surface area contributed by atoms with Gasteiger partial charge >= 0.3 is 0 Å². The second kappa shape index (κ2) is 9.74. The minimum atomic E-state index is -0.619. The second-order valence-corrected chi connectivity index (χ2v) is 9.12. The molecular formula is C25H30BrFN4O3. The molecule has 2 heterocycles. The number of H-pyrrole nitrogens is 1. The van der Waals surface area contributed by atoms with Crippen LogP contribution in [0.25, 0.3) is 11.0 Å². The first-order chi connectivity index (χ1) is 15.7. The first-order valence-electron chi connectivity index (χ1n) is 11.1. The van der Waals surface area contributed by atoms with Crippen LogP contribution in [0.15, 0.2) is 24.5 Å². The molecule has 9 heteroatoms. The Morgan fingerprint density at radius 1 is 1.21 bits per heavy atom. The number of amidine groups is 1. The largest absolute Gasteiger partial charge is 0.490 e. The quantitative estimate of drug-likeness (QED) is 0.397. The minimum absolute atomic E-state index is 0. The van der Waals surface area contributed by atoms with E-state index in [1.807, 2.05) is 13.0 Å². The van der Waals surface area contributed by atoms with Gasteiger partial charge in [0.1, 0.15) is 5.84 Å². The third-order valence-corrected chi connectivity index (χ3v) is 5.76. The molecule has 0 amide bonds. The summed E-state index contributed by atoms with van der Waals surface area (Å²) in [5.74, 6) is -0.471. The number of benzene rings is 2. The molecule has 2 aromatic carbocycles. The molecule has 0 atom stereocenters. The van der Waals surface area contributed by atoms with Crippen LogP contribution in [0.1, 0.15) is 61.7 Å². The molecule has 0 aliphatic carbocycles. The summed E-state index contributed by atoms with van der Waals surface area (Å²) in [6.45, 7) is 10.7. The van der Waals surface area contributed by atoms with Crippen molar-refractivity contribution in [2.45, 2.75) is 46.6 Å². The Morgan fingerprint density at radius 2 is 1.91 bits per heavy atom. The van der Waals surface area contributed by atoms with Crippen LogP contribution in [0, 0.1) is 11.2 Å². The number of aromatic amines is 1. The maximum atomic E-state index is 15.3. The number of rotatable bonds is 7. The summed E-state index contributed by atoms with van der Waals surface area (Å²) in [6.07, 6.45) is 1.62. The summed E-state index contributed by atoms with van der Waals surface area (Å²) in [7, 11) is 0. The van der Waals surface area contributed by atoms with Crippen molar-refractivity contribution < 1.29 is 18.7 Å². The van der Waals surface area contributed by atoms with E-state index in [0.29, 0.717) is 23.5 Å². The predicted octanol–water partition coefficient (Wildman–Crippen LogP) is 5.40. The van der Waals surface area contributed by atoms with Crippen LogP contribution < -0.4 is 9.47 Å². The van der Waals surface area contributed by atoms with E-state index in [2.05, 4.69) is 30.7 Å². The van der Waals surface area contributed by atoms with Gasteiger partial charge in [-0.25, -0.2) is 9.37 Å². The highest BCUT2D eigenvalue weighted by atomic mass is 79.9. The standard InChI is InChI=1S/C25H29FN4O3.BrH/c1-6-32-19-10-15-11-30(24(27)20(15)21(26)23(19)33-7-2)12-18(31)14-8-16(25(3,4)5)22-17(9-14)28-13-29-22;/h8-10,13,27H,6-7,11-12H2,1-5H3,(H,28,29);1H. The molecule has 0 saturated carbocycles. The number of fused-ring (bicyclic) bond motifs is 2. The van der Waals surface area contributed by atoms with E-state index in [9.17, 15) is 4.79 Å². The van der Waals surface area contributed by atoms with Crippen LogP contribution >= 0.6 is 17.0 Å². The monoisotopic (exact) mass is 532 g/mol. The Hall–Kier alpha value is -2.94. The zero-order chi connectivity index (χ0) is 23.9. The number of imidazole rings is 1. The minimum Gasteiger partial charge on any atom is -0.490 e. The molecule has 0 radical (unpaired) electrons. The molecular weight excluding hydrogens is 503 g/mol. The number of halogens is 2. The Bertz CT molecular complexity index is 1250. The van der Waals surface area contributed by atoms with Crippen LogP contribution in [0.3, 0.4) is 0 Å². The number of aromatic nitrogens is 2. The van der Waals surface area contributed by atoms with Crippen molar-refractivity contribution in [2.24, 2.45) is 0 Å². The van der Waals surface area contributed by atoms with Crippen LogP contribution in [0.2, 0.25) is 0 Å². The second-order valence-electron chi connectivity index (χ2n) is 9.12. The number of ether oxygens (including phenoxy) is 2. The fourth-order valence-corrected chi connectivity index (χ4v) is 4.21. The summed E-state index contributed by atoms with van der Waals surface area (Å²) >= 11 is 0. The smallest absolute Gasteiger partial charge is 0.197 e. The van der Waals surface area contributed by atoms with Gasteiger partial charge in [-0.2, -0.15) is 0 Å². The van der Waals surface area contributed by atoms with Gasteiger partial charge in [-0.3, -0.25) is 10.2 Å². The number of nitrogens with one attached hydrogen (secondary N) is 2. The number of nitrogens with zero attached hydrogens (tertiary/aromatic N) is 2. The van der Waals surface area contributed by atoms with Gasteiger partial charge in [-0.1, -0.05) is 20.8 Å². The van der Waals surface area contributed by atoms with E-state index in [1.165, 1.54) is 0 Å². The number of carbonyl (C=O) groups is 1. The van der Waals surface area contributed by atoms with Gasteiger partial charge in [0.15, 0.2) is 23.1 Å². The summed E-state index contributed by atoms with van der Waals surface area (Å²) in [4.78, 5) is 22.3. The highest BCUT2D eigenvalue weighted by molar-refractivity contribution is 8.93. The molecule has 0 bridgehead atoms. The average Bonchev–Trinajstić information content (AvgIpc) is 3.34. The molecule has 7 nitrogen and oxygen atoms in total. The third-order valence-electron chi connectivity index (χ3n) is 5.76. The Labute approximate surface area is 208 Å². The molecule has 2 N–H and O–H groups in total. The lowest BCUT2D eigenvalue weighted by Gasteiger charge is -2.21. The molecule has 34 heavy (non-hydrogen) atoms. The Kier molecular flexibility index (Phi) is 7.35. The van der Waals surface area contributed by atoms with Gasteiger partial charge in [0.25, 0.3) is 0 Å². The Balaban J connectivity index is 0.00000324. The maximum Gasteiger partial charge on any atom is 0.197 e. The van der Waals surface area contributed by atoms with Crippen LogP contribution in [-0.4, -0.2) is 46.2 Å². The lowest BCUT2D eigenvalue weighted by Crippen LogP contribution is -2.30. The fourth-order valence-electron chi connectivity index (χ4n) is 4.21. The van der Waals surface area contributed by atoms with Crippen molar-refractivity contribution in [2.75, 3.05) is 19.8 Å². The predicted molar refractivity (Wildman–Crippen MR) is 135 cm³/mol. The van der Waals surface area contributed by atoms with Crippen molar-refractivity contribution in [3.8, 4) is 11.5 Å². The van der Waals surface area contributed by atoms with E-state index >= 15 is 4.39 Å². The number of hydrogen-bond donors (Lipinski definition) is 2. The molecule has 0 fully saturated rings. The first kappa shape index (κ1) is 25.7. The van der Waals surface area contributed by atoms with Crippen LogP contribution in [-0.2, 0) is 12.0 Å². The van der Waals surface area contributed by atoms with E-state index in [1.54, 1.807) is 30.3 Å². The number of carbonyl (C=O) groups excluding carboxylic acids is 1. The number of Topliss-reactive ketones (excluding diaryl/α,β-unsaturated/α-hetero) is 1. The Morgan fingerprint density at radius 3 is 2.56 bits per heavy atom. The van der Waals surface area contributed by atoms with E-state index in [-0.39, 0.29) is 65.0 Å². The molecule has 1 aromatic heterocycles. The third kappa shape index (κ3) is 4.53. The van der Waals surface area contributed by atoms with Crippen LogP contribution in [0.4, 0.5) is 4.39 Å². The van der Waals surface area contributed by atoms with Gasteiger partial charge in [-0.15, -0.1) is 17.0 Å². The lowest BCUT2D eigenvalue weighted by molar-refractivity contribution is 0.0962. The molecule has 0 unspecified atom stereocenters. The molecule has 0 saturated heterocycles. The summed E-state index contributed by atoms with van der Waals surface area (Å²) in [5.41, 5.74) is 3.71. The SMILES string of the molecule is Br.CCOc1cc2c(c(F)c1OCC)C(=N)N(CC(=O)c1cc(C(C)(C)C)c3nc[nH]c3c1)C2. The highest BCUT2D eigenvalue weighted by Crippen LogP contribution is 2.39. The average molecular weight is 533 g/mol. The highest BCUT2D eigenvalue weighted by Gasteiger charge is 2.33. The van der Waals surface area contributed by atoms with E-state index in [4.69, 9.17) is 14.9 Å². The van der Waals surface area contributed by atoms with Crippen molar-refractivity contribution in [1.29, 1.82) is 5.41 Å². The zero-order valence-corrected chi connectivity index (χ0v) is 21.8. The number of hydrogen-bond acceptors (Lipinski definition) is 5. The summed E-state index contributed by atoms with van der Waals surface area (Å²) < 4.78 is 26.3. The topological polar surface area (TPSA) is 91.3 Å².